The molecule has 0 radical (unpaired) electrons. The molecule has 0 aromatic carbocycles. The summed E-state index contributed by atoms with van der Waals surface area (Å²) >= 11 is 0. The molecule has 0 atom stereocenters. The van der Waals surface area contributed by atoms with Gasteiger partial charge in [-0.2, -0.15) is 5.10 Å². The van der Waals surface area contributed by atoms with E-state index in [1.807, 2.05) is 30.9 Å². The van der Waals surface area contributed by atoms with E-state index >= 15 is 0 Å². The van der Waals surface area contributed by atoms with Gasteiger partial charge in [-0.3, -0.25) is 15.1 Å². The van der Waals surface area contributed by atoms with Crippen LogP contribution in [0.4, 0.5) is 5.69 Å². The van der Waals surface area contributed by atoms with Crippen molar-refractivity contribution in [2.75, 3.05) is 24.5 Å². The van der Waals surface area contributed by atoms with Crippen LogP contribution in [0.3, 0.4) is 0 Å². The molecule has 3 N–H and O–H groups in total. The average Bonchev–Trinajstić information content (AvgIpc) is 3.73. The van der Waals surface area contributed by atoms with Crippen molar-refractivity contribution in [3.63, 3.8) is 0 Å². The molecule has 7 rings (SSSR count). The number of hydrogen-bond acceptors (Lipinski definition) is 6. The molecule has 8 nitrogen and oxygen atoms in total. The number of anilines is 1. The largest absolute Gasteiger partial charge is 0.370 e. The minimum absolute atomic E-state index is 0.824. The summed E-state index contributed by atoms with van der Waals surface area (Å²) in [7, 11) is 0. The van der Waals surface area contributed by atoms with Crippen LogP contribution in [-0.4, -0.2) is 49.8 Å². The van der Waals surface area contributed by atoms with Gasteiger partial charge in [0.15, 0.2) is 0 Å². The number of aromatic nitrogens is 6. The molecule has 8 heteroatoms. The lowest BCUT2D eigenvalue weighted by atomic mass is 10.1. The van der Waals surface area contributed by atoms with Crippen LogP contribution in [0.1, 0.15) is 50.5 Å². The average molecular weight is 507 g/mol. The van der Waals surface area contributed by atoms with Gasteiger partial charge in [-0.25, -0.2) is 4.98 Å². The third-order valence-electron chi connectivity index (χ3n) is 8.21. The van der Waals surface area contributed by atoms with E-state index in [1.54, 1.807) is 0 Å². The monoisotopic (exact) mass is 506 g/mol. The molecule has 6 heterocycles. The van der Waals surface area contributed by atoms with Gasteiger partial charge in [-0.15, -0.1) is 0 Å². The first-order valence-electron chi connectivity index (χ1n) is 14.0. The van der Waals surface area contributed by atoms with Crippen molar-refractivity contribution in [3.05, 3.63) is 54.6 Å². The first-order valence-corrected chi connectivity index (χ1v) is 14.0. The highest BCUT2D eigenvalue weighted by Gasteiger charge is 2.19. The van der Waals surface area contributed by atoms with E-state index in [0.29, 0.717) is 0 Å². The SMILES string of the molecule is c1ncc(-c2ccc3[nH]nc(-c4cc5c(N6CCCCC6)cncc5[nH]4)c3n2)cc1CNCC1CCCC1. The highest BCUT2D eigenvalue weighted by Crippen LogP contribution is 2.34. The van der Waals surface area contributed by atoms with Gasteiger partial charge in [0.05, 0.1) is 40.5 Å². The molecule has 2 aliphatic rings. The zero-order chi connectivity index (χ0) is 25.3. The second-order valence-electron chi connectivity index (χ2n) is 10.9. The summed E-state index contributed by atoms with van der Waals surface area (Å²) in [5, 5.41) is 12.6. The summed E-state index contributed by atoms with van der Waals surface area (Å²) in [5.74, 6) is 0.825. The van der Waals surface area contributed by atoms with Crippen molar-refractivity contribution >= 4 is 27.6 Å². The number of pyridine rings is 3. The fourth-order valence-electron chi connectivity index (χ4n) is 6.16. The summed E-state index contributed by atoms with van der Waals surface area (Å²) in [5.41, 5.74) is 8.87. The normalized spacial score (nSPS) is 16.7. The van der Waals surface area contributed by atoms with E-state index in [0.717, 1.165) is 71.3 Å². The predicted molar refractivity (Wildman–Crippen MR) is 152 cm³/mol. The Labute approximate surface area is 222 Å². The lowest BCUT2D eigenvalue weighted by Gasteiger charge is -2.28. The number of piperidine rings is 1. The van der Waals surface area contributed by atoms with Crippen molar-refractivity contribution in [3.8, 4) is 22.6 Å². The standard InChI is InChI=1S/C30H34N8/c1-4-10-38(11-5-1)28-19-33-18-27-23(28)13-26(34-27)30-29-25(36-37-30)9-8-24(35-29)22-12-21(16-32-17-22)15-31-14-20-6-2-3-7-20/h8-9,12-13,16-20,31,34H,1-7,10-11,14-15H2,(H,36,37). The number of rotatable bonds is 7. The molecule has 194 valence electrons. The van der Waals surface area contributed by atoms with Gasteiger partial charge in [-0.05, 0) is 74.4 Å². The molecule has 1 saturated carbocycles. The zero-order valence-electron chi connectivity index (χ0n) is 21.7. The zero-order valence-corrected chi connectivity index (χ0v) is 21.7. The van der Waals surface area contributed by atoms with Crippen LogP contribution in [0.2, 0.25) is 0 Å². The van der Waals surface area contributed by atoms with Crippen LogP contribution in [0.25, 0.3) is 44.6 Å². The maximum Gasteiger partial charge on any atom is 0.135 e. The topological polar surface area (TPSA) is 98.4 Å². The number of hydrogen-bond donors (Lipinski definition) is 3. The van der Waals surface area contributed by atoms with E-state index in [1.165, 1.54) is 61.6 Å². The van der Waals surface area contributed by atoms with Gasteiger partial charge in [-0.1, -0.05) is 12.8 Å². The van der Waals surface area contributed by atoms with Gasteiger partial charge in [0.25, 0.3) is 0 Å². The molecule has 0 unspecified atom stereocenters. The highest BCUT2D eigenvalue weighted by atomic mass is 15.1. The van der Waals surface area contributed by atoms with Crippen molar-refractivity contribution < 1.29 is 0 Å². The van der Waals surface area contributed by atoms with Gasteiger partial charge in [0.2, 0.25) is 0 Å². The van der Waals surface area contributed by atoms with E-state index in [2.05, 4.69) is 53.6 Å². The summed E-state index contributed by atoms with van der Waals surface area (Å²) in [4.78, 5) is 20.1. The van der Waals surface area contributed by atoms with Crippen LogP contribution in [0.5, 0.6) is 0 Å². The Hall–Kier alpha value is -3.78. The fraction of sp³-hybridized carbons (Fsp3) is 0.400. The Balaban J connectivity index is 1.18. The van der Waals surface area contributed by atoms with Crippen LogP contribution in [0.15, 0.2) is 49.1 Å². The number of nitrogens with one attached hydrogen (secondary N) is 3. The molecule has 2 fully saturated rings. The number of aromatic amines is 2. The van der Waals surface area contributed by atoms with Gasteiger partial charge >= 0.3 is 0 Å². The minimum atomic E-state index is 0.824. The van der Waals surface area contributed by atoms with Crippen LogP contribution in [0, 0.1) is 5.92 Å². The Kier molecular flexibility index (Phi) is 6.25. The maximum atomic E-state index is 5.05. The van der Waals surface area contributed by atoms with Gasteiger partial charge in [0.1, 0.15) is 11.2 Å². The minimum Gasteiger partial charge on any atom is -0.370 e. The molecule has 38 heavy (non-hydrogen) atoms. The van der Waals surface area contributed by atoms with Crippen LogP contribution < -0.4 is 10.2 Å². The molecule has 5 aromatic rings. The first-order chi connectivity index (χ1) is 18.8. The number of H-pyrrole nitrogens is 2. The molecule has 1 aliphatic carbocycles. The van der Waals surface area contributed by atoms with E-state index in [-0.39, 0.29) is 0 Å². The van der Waals surface area contributed by atoms with Crippen LogP contribution in [-0.2, 0) is 6.54 Å². The lowest BCUT2D eigenvalue weighted by Crippen LogP contribution is -2.29. The first kappa shape index (κ1) is 23.3. The smallest absolute Gasteiger partial charge is 0.135 e. The summed E-state index contributed by atoms with van der Waals surface area (Å²) < 4.78 is 0. The molecular formula is C30H34N8. The Bertz CT molecular complexity index is 1560. The van der Waals surface area contributed by atoms with Crippen molar-refractivity contribution in [2.24, 2.45) is 5.92 Å². The molecule has 0 spiro atoms. The van der Waals surface area contributed by atoms with E-state index in [9.17, 15) is 0 Å². The maximum absolute atomic E-state index is 5.05. The number of fused-ring (bicyclic) bond motifs is 2. The summed E-state index contributed by atoms with van der Waals surface area (Å²) in [6, 6.07) is 8.49. The Morgan fingerprint density at radius 2 is 1.76 bits per heavy atom. The van der Waals surface area contributed by atoms with E-state index in [4.69, 9.17) is 4.98 Å². The van der Waals surface area contributed by atoms with Gasteiger partial charge in [0, 0.05) is 43.0 Å². The number of nitrogens with zero attached hydrogens (tertiary/aromatic N) is 5. The molecule has 5 aromatic heterocycles. The van der Waals surface area contributed by atoms with Crippen molar-refractivity contribution in [1.29, 1.82) is 0 Å². The van der Waals surface area contributed by atoms with Crippen LogP contribution >= 0.6 is 0 Å². The highest BCUT2D eigenvalue weighted by molar-refractivity contribution is 5.98. The quantitative estimate of drug-likeness (QED) is 0.257. The Morgan fingerprint density at radius 1 is 0.895 bits per heavy atom. The molecular weight excluding hydrogens is 472 g/mol. The second-order valence-corrected chi connectivity index (χ2v) is 10.9. The predicted octanol–water partition coefficient (Wildman–Crippen LogP) is 5.83. The second kappa shape index (κ2) is 10.2. The van der Waals surface area contributed by atoms with Crippen molar-refractivity contribution in [2.45, 2.75) is 51.5 Å². The van der Waals surface area contributed by atoms with Crippen molar-refractivity contribution in [1.82, 2.24) is 35.5 Å². The van der Waals surface area contributed by atoms with E-state index < -0.39 is 0 Å². The molecule has 0 amide bonds. The Morgan fingerprint density at radius 3 is 2.66 bits per heavy atom. The lowest BCUT2D eigenvalue weighted by molar-refractivity contribution is 0.489. The summed E-state index contributed by atoms with van der Waals surface area (Å²) in [6.07, 6.45) is 17.0. The third kappa shape index (κ3) is 4.53. The fourth-order valence-corrected chi connectivity index (χ4v) is 6.16. The molecule has 1 aliphatic heterocycles. The molecule has 1 saturated heterocycles. The molecule has 0 bridgehead atoms. The van der Waals surface area contributed by atoms with Gasteiger partial charge < -0.3 is 15.2 Å². The summed E-state index contributed by atoms with van der Waals surface area (Å²) in [6.45, 7) is 4.09. The third-order valence-corrected chi connectivity index (χ3v) is 8.21.